The minimum atomic E-state index is -1.47. The van der Waals surface area contributed by atoms with E-state index in [1.54, 1.807) is 6.92 Å². The Morgan fingerprint density at radius 2 is 2.10 bits per heavy atom. The molecule has 1 aromatic rings. The van der Waals surface area contributed by atoms with Gasteiger partial charge in [-0.25, -0.2) is 9.59 Å². The standard InChI is InChI=1S/C11H12BrN3O6/c1-5-2-6(12)7(3-9(5)15(20)21)13-11(19)14-8(4-16)10(17)18/h2-3,8,16H,4H2,1H3,(H,17,18)(H2,13,14,19)/t8-/m1/s1. The van der Waals surface area contributed by atoms with Gasteiger partial charge >= 0.3 is 12.0 Å². The third-order valence-corrected chi connectivity index (χ3v) is 3.17. The molecule has 2 amide bonds. The average Bonchev–Trinajstić information content (AvgIpc) is 2.38. The van der Waals surface area contributed by atoms with E-state index in [-0.39, 0.29) is 11.4 Å². The van der Waals surface area contributed by atoms with E-state index in [0.717, 1.165) is 6.07 Å². The van der Waals surface area contributed by atoms with Crippen LogP contribution in [0.5, 0.6) is 0 Å². The highest BCUT2D eigenvalue weighted by Crippen LogP contribution is 2.30. The molecule has 0 saturated heterocycles. The van der Waals surface area contributed by atoms with Crippen molar-refractivity contribution in [1.82, 2.24) is 5.32 Å². The number of nitrogens with zero attached hydrogens (tertiary/aromatic N) is 1. The van der Waals surface area contributed by atoms with Gasteiger partial charge in [0.25, 0.3) is 5.69 Å². The van der Waals surface area contributed by atoms with Crippen molar-refractivity contribution in [2.24, 2.45) is 0 Å². The third kappa shape index (κ3) is 4.39. The summed E-state index contributed by atoms with van der Waals surface area (Å²) in [4.78, 5) is 32.5. The maximum atomic E-state index is 11.6. The van der Waals surface area contributed by atoms with Gasteiger partial charge in [-0.1, -0.05) is 0 Å². The van der Waals surface area contributed by atoms with E-state index in [0.29, 0.717) is 10.0 Å². The molecule has 0 aliphatic heterocycles. The molecule has 0 unspecified atom stereocenters. The molecule has 9 nitrogen and oxygen atoms in total. The number of carboxylic acids is 1. The van der Waals surface area contributed by atoms with Gasteiger partial charge in [0.1, 0.15) is 0 Å². The van der Waals surface area contributed by atoms with E-state index >= 15 is 0 Å². The van der Waals surface area contributed by atoms with Crippen LogP contribution in [-0.2, 0) is 4.79 Å². The van der Waals surface area contributed by atoms with Crippen LogP contribution in [0.3, 0.4) is 0 Å². The van der Waals surface area contributed by atoms with Crippen molar-refractivity contribution in [2.75, 3.05) is 11.9 Å². The van der Waals surface area contributed by atoms with Crippen LogP contribution in [0.25, 0.3) is 0 Å². The zero-order valence-corrected chi connectivity index (χ0v) is 12.4. The molecule has 0 radical (unpaired) electrons. The number of rotatable bonds is 5. The second kappa shape index (κ2) is 6.99. The number of nitrogens with one attached hydrogen (secondary N) is 2. The van der Waals surface area contributed by atoms with Crippen molar-refractivity contribution in [2.45, 2.75) is 13.0 Å². The summed E-state index contributed by atoms with van der Waals surface area (Å²) in [5.41, 5.74) is 0.314. The number of carbonyl (C=O) groups excluding carboxylic acids is 1. The quantitative estimate of drug-likeness (QED) is 0.459. The molecule has 1 rings (SSSR count). The first-order valence-electron chi connectivity index (χ1n) is 5.62. The fraction of sp³-hybridized carbons (Fsp3) is 0.273. The lowest BCUT2D eigenvalue weighted by molar-refractivity contribution is -0.385. The van der Waals surface area contributed by atoms with Crippen molar-refractivity contribution in [3.63, 3.8) is 0 Å². The number of carboxylic acid groups (broad SMARTS) is 1. The van der Waals surface area contributed by atoms with Crippen molar-refractivity contribution in [3.05, 3.63) is 32.3 Å². The molecular weight excluding hydrogens is 350 g/mol. The maximum absolute atomic E-state index is 11.6. The predicted molar refractivity (Wildman–Crippen MR) is 76.2 cm³/mol. The van der Waals surface area contributed by atoms with Crippen LogP contribution in [0.4, 0.5) is 16.2 Å². The number of aliphatic hydroxyl groups is 1. The van der Waals surface area contributed by atoms with E-state index < -0.39 is 29.6 Å². The first kappa shape index (κ1) is 16.9. The number of benzene rings is 1. The van der Waals surface area contributed by atoms with Crippen LogP contribution in [-0.4, -0.2) is 39.8 Å². The summed E-state index contributed by atoms with van der Waals surface area (Å²) in [7, 11) is 0. The van der Waals surface area contributed by atoms with E-state index in [1.807, 2.05) is 5.32 Å². The third-order valence-electron chi connectivity index (χ3n) is 2.52. The van der Waals surface area contributed by atoms with Gasteiger partial charge in [-0.3, -0.25) is 10.1 Å². The summed E-state index contributed by atoms with van der Waals surface area (Å²) in [6.07, 6.45) is 0. The first-order chi connectivity index (χ1) is 9.76. The summed E-state index contributed by atoms with van der Waals surface area (Å²) in [5, 5.41) is 32.6. The summed E-state index contributed by atoms with van der Waals surface area (Å²) in [6.45, 7) is 0.761. The summed E-state index contributed by atoms with van der Waals surface area (Å²) in [5.74, 6) is -1.40. The van der Waals surface area contributed by atoms with Gasteiger partial charge in [0.05, 0.1) is 17.2 Å². The van der Waals surface area contributed by atoms with E-state index in [1.165, 1.54) is 6.07 Å². The molecule has 0 fully saturated rings. The summed E-state index contributed by atoms with van der Waals surface area (Å²) < 4.78 is 0.400. The molecule has 0 saturated carbocycles. The van der Waals surface area contributed by atoms with Crippen LogP contribution in [0.2, 0.25) is 0 Å². The lowest BCUT2D eigenvalue weighted by atomic mass is 10.2. The summed E-state index contributed by atoms with van der Waals surface area (Å²) in [6, 6.07) is 0.224. The number of hydrogen-bond acceptors (Lipinski definition) is 5. The van der Waals surface area contributed by atoms with Gasteiger partial charge in [0.2, 0.25) is 0 Å². The van der Waals surface area contributed by atoms with Crippen LogP contribution < -0.4 is 10.6 Å². The number of halogens is 1. The van der Waals surface area contributed by atoms with Crippen LogP contribution >= 0.6 is 15.9 Å². The zero-order chi connectivity index (χ0) is 16.2. The molecule has 0 heterocycles. The van der Waals surface area contributed by atoms with Gasteiger partial charge in [0.15, 0.2) is 6.04 Å². The van der Waals surface area contributed by atoms with Crippen molar-refractivity contribution >= 4 is 39.3 Å². The number of hydrogen-bond donors (Lipinski definition) is 4. The fourth-order valence-corrected chi connectivity index (χ4v) is 2.01. The molecule has 10 heteroatoms. The Balaban J connectivity index is 2.92. The second-order valence-electron chi connectivity index (χ2n) is 4.05. The first-order valence-corrected chi connectivity index (χ1v) is 6.41. The molecule has 1 aromatic carbocycles. The number of aryl methyl sites for hydroxylation is 1. The Hall–Kier alpha value is -2.20. The topological polar surface area (TPSA) is 142 Å². The number of nitro benzene ring substituents is 1. The zero-order valence-electron chi connectivity index (χ0n) is 10.8. The Kier molecular flexibility index (Phi) is 5.61. The number of aliphatic carboxylic acids is 1. The number of aliphatic hydroxyl groups excluding tert-OH is 1. The average molecular weight is 362 g/mol. The van der Waals surface area contributed by atoms with Crippen molar-refractivity contribution < 1.29 is 24.7 Å². The molecule has 0 spiro atoms. The molecule has 21 heavy (non-hydrogen) atoms. The Labute approximate surface area is 127 Å². The van der Waals surface area contributed by atoms with E-state index in [9.17, 15) is 19.7 Å². The second-order valence-corrected chi connectivity index (χ2v) is 4.90. The lowest BCUT2D eigenvalue weighted by Gasteiger charge is -2.13. The van der Waals surface area contributed by atoms with Gasteiger partial charge in [-0.2, -0.15) is 0 Å². The molecule has 1 atom stereocenters. The molecule has 0 aromatic heterocycles. The SMILES string of the molecule is Cc1cc(Br)c(NC(=O)N[C@H](CO)C(=O)O)cc1[N+](=O)[O-]. The predicted octanol–water partition coefficient (Wildman–Crippen LogP) is 1.23. The number of amides is 2. The highest BCUT2D eigenvalue weighted by molar-refractivity contribution is 9.10. The maximum Gasteiger partial charge on any atom is 0.328 e. The monoisotopic (exact) mass is 361 g/mol. The van der Waals surface area contributed by atoms with Gasteiger partial charge in [0, 0.05) is 16.1 Å². The molecular formula is C11H12BrN3O6. The molecule has 0 aliphatic carbocycles. The van der Waals surface area contributed by atoms with E-state index in [4.69, 9.17) is 10.2 Å². The number of nitro groups is 1. The number of urea groups is 1. The van der Waals surface area contributed by atoms with Gasteiger partial charge in [-0.15, -0.1) is 0 Å². The molecule has 0 aliphatic rings. The number of carbonyl (C=O) groups is 2. The molecule has 4 N–H and O–H groups in total. The summed E-state index contributed by atoms with van der Waals surface area (Å²) >= 11 is 3.14. The highest BCUT2D eigenvalue weighted by Gasteiger charge is 2.20. The fourth-order valence-electron chi connectivity index (χ4n) is 1.46. The van der Waals surface area contributed by atoms with Crippen LogP contribution in [0.1, 0.15) is 5.56 Å². The van der Waals surface area contributed by atoms with Crippen molar-refractivity contribution in [1.29, 1.82) is 0 Å². The molecule has 114 valence electrons. The van der Waals surface area contributed by atoms with Gasteiger partial charge in [-0.05, 0) is 28.9 Å². The van der Waals surface area contributed by atoms with Crippen LogP contribution in [0, 0.1) is 17.0 Å². The Bertz CT molecular complexity index is 592. The van der Waals surface area contributed by atoms with E-state index in [2.05, 4.69) is 21.2 Å². The smallest absolute Gasteiger partial charge is 0.328 e. The van der Waals surface area contributed by atoms with Crippen LogP contribution in [0.15, 0.2) is 16.6 Å². The molecule has 0 bridgehead atoms. The van der Waals surface area contributed by atoms with Crippen molar-refractivity contribution in [3.8, 4) is 0 Å². The normalized spacial score (nSPS) is 11.6. The highest BCUT2D eigenvalue weighted by atomic mass is 79.9. The Morgan fingerprint density at radius 3 is 2.57 bits per heavy atom. The van der Waals surface area contributed by atoms with Gasteiger partial charge < -0.3 is 20.8 Å². The lowest BCUT2D eigenvalue weighted by Crippen LogP contribution is -2.45. The number of anilines is 1. The minimum Gasteiger partial charge on any atom is -0.480 e. The largest absolute Gasteiger partial charge is 0.480 e. The Morgan fingerprint density at radius 1 is 1.48 bits per heavy atom. The minimum absolute atomic E-state index is 0.104.